The fraction of sp³-hybridized carbons (Fsp3) is 0.471. The number of hydrogen-bond acceptors (Lipinski definition) is 5. The maximum absolute atomic E-state index is 5.37. The van der Waals surface area contributed by atoms with Crippen molar-refractivity contribution in [1.29, 1.82) is 0 Å². The second kappa shape index (κ2) is 5.77. The zero-order valence-electron chi connectivity index (χ0n) is 13.5. The van der Waals surface area contributed by atoms with Crippen molar-refractivity contribution >= 4 is 11.0 Å². The third kappa shape index (κ3) is 2.99. The van der Waals surface area contributed by atoms with Crippen molar-refractivity contribution in [2.75, 3.05) is 7.05 Å². The number of nitrogens with zero attached hydrogens (tertiary/aromatic N) is 4. The number of aromatic nitrogens is 4. The molecule has 0 saturated heterocycles. The van der Waals surface area contributed by atoms with Gasteiger partial charge in [-0.15, -0.1) is 0 Å². The van der Waals surface area contributed by atoms with Gasteiger partial charge in [-0.3, -0.25) is 4.90 Å². The van der Waals surface area contributed by atoms with Gasteiger partial charge in [0.05, 0.1) is 24.1 Å². The summed E-state index contributed by atoms with van der Waals surface area (Å²) in [4.78, 5) is 14.7. The van der Waals surface area contributed by atoms with Crippen LogP contribution in [-0.4, -0.2) is 32.1 Å². The smallest absolute Gasteiger partial charge is 0.229 e. The van der Waals surface area contributed by atoms with Gasteiger partial charge in [0.2, 0.25) is 5.89 Å². The SMILES string of the molecule is Cc1ccc2nc(CN(C)Cc3noc(C4CCC4)n3)[nH]c2c1. The fourth-order valence-electron chi connectivity index (χ4n) is 2.96. The molecule has 6 nitrogen and oxygen atoms in total. The van der Waals surface area contributed by atoms with E-state index in [2.05, 4.69) is 50.1 Å². The van der Waals surface area contributed by atoms with Crippen LogP contribution in [0, 0.1) is 6.92 Å². The van der Waals surface area contributed by atoms with E-state index in [4.69, 9.17) is 4.52 Å². The summed E-state index contributed by atoms with van der Waals surface area (Å²) in [6, 6.07) is 6.25. The second-order valence-corrected chi connectivity index (χ2v) is 6.55. The Hall–Kier alpha value is -2.21. The molecule has 2 heterocycles. The van der Waals surface area contributed by atoms with E-state index in [1.807, 2.05) is 7.05 Å². The number of rotatable bonds is 5. The molecule has 1 fully saturated rings. The Labute approximate surface area is 134 Å². The summed E-state index contributed by atoms with van der Waals surface area (Å²) in [5, 5.41) is 4.10. The third-order valence-electron chi connectivity index (χ3n) is 4.46. The van der Waals surface area contributed by atoms with Crippen LogP contribution in [0.3, 0.4) is 0 Å². The Morgan fingerprint density at radius 3 is 2.91 bits per heavy atom. The molecule has 0 bridgehead atoms. The van der Waals surface area contributed by atoms with Crippen molar-refractivity contribution in [2.45, 2.75) is 45.2 Å². The highest BCUT2D eigenvalue weighted by molar-refractivity contribution is 5.75. The van der Waals surface area contributed by atoms with E-state index in [-0.39, 0.29) is 0 Å². The van der Waals surface area contributed by atoms with Gasteiger partial charge in [0.15, 0.2) is 5.82 Å². The topological polar surface area (TPSA) is 70.8 Å². The van der Waals surface area contributed by atoms with Gasteiger partial charge in [0, 0.05) is 5.92 Å². The van der Waals surface area contributed by atoms with E-state index in [0.29, 0.717) is 12.5 Å². The zero-order chi connectivity index (χ0) is 15.8. The van der Waals surface area contributed by atoms with Crippen LogP contribution in [0.5, 0.6) is 0 Å². The van der Waals surface area contributed by atoms with E-state index >= 15 is 0 Å². The zero-order valence-corrected chi connectivity index (χ0v) is 13.5. The molecule has 0 unspecified atom stereocenters. The first-order valence-corrected chi connectivity index (χ1v) is 8.13. The van der Waals surface area contributed by atoms with Crippen LogP contribution < -0.4 is 0 Å². The molecule has 0 amide bonds. The second-order valence-electron chi connectivity index (χ2n) is 6.55. The molecule has 1 aliphatic carbocycles. The van der Waals surface area contributed by atoms with Gasteiger partial charge in [0.1, 0.15) is 5.82 Å². The summed E-state index contributed by atoms with van der Waals surface area (Å²) >= 11 is 0. The average molecular weight is 311 g/mol. The summed E-state index contributed by atoms with van der Waals surface area (Å²) in [7, 11) is 2.04. The summed E-state index contributed by atoms with van der Waals surface area (Å²) in [6.45, 7) is 3.47. The predicted octanol–water partition coefficient (Wildman–Crippen LogP) is 3.15. The van der Waals surface area contributed by atoms with E-state index in [0.717, 1.165) is 35.1 Å². The molecule has 0 atom stereocenters. The van der Waals surface area contributed by atoms with Crippen molar-refractivity contribution in [3.8, 4) is 0 Å². The molecule has 120 valence electrons. The van der Waals surface area contributed by atoms with Crippen molar-refractivity contribution in [3.05, 3.63) is 41.3 Å². The summed E-state index contributed by atoms with van der Waals surface area (Å²) < 4.78 is 5.37. The Balaban J connectivity index is 1.42. The largest absolute Gasteiger partial charge is 0.341 e. The summed E-state index contributed by atoms with van der Waals surface area (Å²) in [5.74, 6) is 3.00. The van der Waals surface area contributed by atoms with Crippen LogP contribution in [-0.2, 0) is 13.1 Å². The number of H-pyrrole nitrogens is 1. The first-order chi connectivity index (χ1) is 11.2. The van der Waals surface area contributed by atoms with Gasteiger partial charge >= 0.3 is 0 Å². The quantitative estimate of drug-likeness (QED) is 0.783. The fourth-order valence-corrected chi connectivity index (χ4v) is 2.96. The first kappa shape index (κ1) is 14.4. The van der Waals surface area contributed by atoms with E-state index < -0.39 is 0 Å². The third-order valence-corrected chi connectivity index (χ3v) is 4.46. The predicted molar refractivity (Wildman–Crippen MR) is 86.9 cm³/mol. The summed E-state index contributed by atoms with van der Waals surface area (Å²) in [5.41, 5.74) is 3.32. The number of benzene rings is 1. The Kier molecular flexibility index (Phi) is 3.61. The molecule has 0 aliphatic heterocycles. The van der Waals surface area contributed by atoms with Crippen LogP contribution >= 0.6 is 0 Å². The van der Waals surface area contributed by atoms with Crippen molar-refractivity contribution in [2.24, 2.45) is 0 Å². The van der Waals surface area contributed by atoms with Crippen molar-refractivity contribution in [3.63, 3.8) is 0 Å². The lowest BCUT2D eigenvalue weighted by atomic mass is 9.85. The Morgan fingerprint density at radius 2 is 2.13 bits per heavy atom. The van der Waals surface area contributed by atoms with Gasteiger partial charge in [-0.25, -0.2) is 4.98 Å². The molecule has 3 aromatic rings. The van der Waals surface area contributed by atoms with Gasteiger partial charge in [-0.2, -0.15) is 4.98 Å². The minimum atomic E-state index is 0.486. The highest BCUT2D eigenvalue weighted by Crippen LogP contribution is 2.35. The van der Waals surface area contributed by atoms with Crippen LogP contribution in [0.1, 0.15) is 48.3 Å². The number of hydrogen-bond donors (Lipinski definition) is 1. The molecule has 1 aromatic carbocycles. The molecule has 6 heteroatoms. The van der Waals surface area contributed by atoms with Gasteiger partial charge in [0.25, 0.3) is 0 Å². The molecule has 0 radical (unpaired) electrons. The lowest BCUT2D eigenvalue weighted by molar-refractivity contribution is 0.279. The monoisotopic (exact) mass is 311 g/mol. The Bertz CT molecular complexity index is 817. The van der Waals surface area contributed by atoms with Gasteiger partial charge in [-0.05, 0) is 44.5 Å². The minimum absolute atomic E-state index is 0.486. The van der Waals surface area contributed by atoms with E-state index in [9.17, 15) is 0 Å². The average Bonchev–Trinajstić information content (AvgIpc) is 3.03. The summed E-state index contributed by atoms with van der Waals surface area (Å²) in [6.07, 6.45) is 3.62. The molecule has 23 heavy (non-hydrogen) atoms. The molecule has 1 N–H and O–H groups in total. The molecular formula is C17H21N5O. The lowest BCUT2D eigenvalue weighted by Gasteiger charge is -2.20. The number of aryl methyl sites for hydroxylation is 1. The van der Waals surface area contributed by atoms with Crippen molar-refractivity contribution < 1.29 is 4.52 Å². The number of fused-ring (bicyclic) bond motifs is 1. The molecule has 4 rings (SSSR count). The van der Waals surface area contributed by atoms with Crippen LogP contribution in [0.2, 0.25) is 0 Å². The van der Waals surface area contributed by atoms with Gasteiger partial charge in [-0.1, -0.05) is 17.6 Å². The first-order valence-electron chi connectivity index (χ1n) is 8.13. The highest BCUT2D eigenvalue weighted by Gasteiger charge is 2.25. The number of aromatic amines is 1. The number of nitrogens with one attached hydrogen (secondary N) is 1. The lowest BCUT2D eigenvalue weighted by Crippen LogP contribution is -2.19. The van der Waals surface area contributed by atoms with Crippen LogP contribution in [0.15, 0.2) is 22.7 Å². The molecule has 2 aromatic heterocycles. The van der Waals surface area contributed by atoms with Crippen molar-refractivity contribution in [1.82, 2.24) is 25.0 Å². The number of imidazole rings is 1. The van der Waals surface area contributed by atoms with Gasteiger partial charge < -0.3 is 9.51 Å². The van der Waals surface area contributed by atoms with E-state index in [1.165, 1.54) is 24.8 Å². The Morgan fingerprint density at radius 1 is 1.26 bits per heavy atom. The van der Waals surface area contributed by atoms with Crippen LogP contribution in [0.4, 0.5) is 0 Å². The molecular weight excluding hydrogens is 290 g/mol. The molecule has 1 aliphatic rings. The normalized spacial score (nSPS) is 15.4. The van der Waals surface area contributed by atoms with E-state index in [1.54, 1.807) is 0 Å². The van der Waals surface area contributed by atoms with Crippen LogP contribution in [0.25, 0.3) is 11.0 Å². The maximum atomic E-state index is 5.37. The molecule has 0 spiro atoms. The molecule has 1 saturated carbocycles. The standard InChI is InChI=1S/C17H21N5O/c1-11-6-7-13-14(8-11)19-15(18-13)9-22(2)10-16-20-17(23-21-16)12-4-3-5-12/h6-8,12H,3-5,9-10H2,1-2H3,(H,18,19). The maximum Gasteiger partial charge on any atom is 0.229 e. The minimum Gasteiger partial charge on any atom is -0.341 e. The highest BCUT2D eigenvalue weighted by atomic mass is 16.5.